The van der Waals surface area contributed by atoms with Gasteiger partial charge in [-0.2, -0.15) is 0 Å². The van der Waals surface area contributed by atoms with Crippen LogP contribution in [0.4, 0.5) is 11.4 Å². The molecule has 0 saturated heterocycles. The smallest absolute Gasteiger partial charge is 0.306 e. The van der Waals surface area contributed by atoms with Crippen LogP contribution in [-0.2, 0) is 14.3 Å². The summed E-state index contributed by atoms with van der Waals surface area (Å²) < 4.78 is 15.9. The van der Waals surface area contributed by atoms with Gasteiger partial charge in [0, 0.05) is 17.5 Å². The van der Waals surface area contributed by atoms with E-state index >= 15 is 0 Å². The van der Waals surface area contributed by atoms with E-state index in [1.807, 2.05) is 19.1 Å². The number of rotatable bonds is 11. The highest BCUT2D eigenvalue weighted by Gasteiger charge is 2.17. The summed E-state index contributed by atoms with van der Waals surface area (Å²) in [6.07, 6.45) is 0.425. The third-order valence-corrected chi connectivity index (χ3v) is 3.96. The van der Waals surface area contributed by atoms with Crippen molar-refractivity contribution in [2.45, 2.75) is 19.8 Å². The Balaban J connectivity index is 1.72. The maximum atomic E-state index is 11.9. The molecule has 0 unspecified atom stereocenters. The fraction of sp³-hybridized carbons (Fsp3) is 0.300. The molecule has 0 atom stereocenters. The Labute approximate surface area is 178 Å². The Morgan fingerprint density at radius 3 is 2.50 bits per heavy atom. The van der Waals surface area contributed by atoms with Crippen molar-refractivity contribution >= 4 is 34.9 Å². The lowest BCUT2D eigenvalue weighted by Crippen LogP contribution is -2.21. The van der Waals surface area contributed by atoms with Crippen molar-refractivity contribution < 1.29 is 28.7 Å². The zero-order valence-corrected chi connectivity index (χ0v) is 17.0. The summed E-state index contributed by atoms with van der Waals surface area (Å²) in [5.41, 5.74) is -0.390. The fourth-order valence-corrected chi connectivity index (χ4v) is 2.58. The zero-order chi connectivity index (χ0) is 21.9. The number of esters is 1. The third kappa shape index (κ3) is 7.25. The van der Waals surface area contributed by atoms with Crippen LogP contribution in [0.5, 0.6) is 11.5 Å². The molecule has 10 heteroatoms. The maximum absolute atomic E-state index is 11.9. The van der Waals surface area contributed by atoms with Gasteiger partial charge in [-0.1, -0.05) is 23.7 Å². The Morgan fingerprint density at radius 1 is 1.13 bits per heavy atom. The van der Waals surface area contributed by atoms with Gasteiger partial charge < -0.3 is 19.5 Å². The predicted octanol–water partition coefficient (Wildman–Crippen LogP) is 3.99. The van der Waals surface area contributed by atoms with Gasteiger partial charge in [0.25, 0.3) is 11.6 Å². The molecule has 0 aliphatic rings. The number of hydrogen-bond donors (Lipinski definition) is 1. The number of amides is 1. The van der Waals surface area contributed by atoms with Crippen molar-refractivity contribution in [3.05, 3.63) is 57.6 Å². The minimum atomic E-state index is -0.698. The molecule has 0 fully saturated rings. The summed E-state index contributed by atoms with van der Waals surface area (Å²) in [6, 6.07) is 11.0. The monoisotopic (exact) mass is 436 g/mol. The number of benzene rings is 2. The zero-order valence-electron chi connectivity index (χ0n) is 16.3. The number of nitro groups is 1. The van der Waals surface area contributed by atoms with Crippen molar-refractivity contribution in [2.24, 2.45) is 0 Å². The number of anilines is 1. The Kier molecular flexibility index (Phi) is 8.89. The number of hydrogen-bond acceptors (Lipinski definition) is 7. The van der Waals surface area contributed by atoms with Crippen LogP contribution < -0.4 is 14.8 Å². The normalized spacial score (nSPS) is 10.2. The molecule has 0 saturated carbocycles. The number of ether oxygens (including phenoxy) is 3. The number of nitro benzene ring substituents is 1. The molecule has 2 rings (SSSR count). The second kappa shape index (κ2) is 11.6. The maximum Gasteiger partial charge on any atom is 0.306 e. The molecule has 2 aromatic rings. The highest BCUT2D eigenvalue weighted by atomic mass is 35.5. The van der Waals surface area contributed by atoms with Crippen LogP contribution in [0.2, 0.25) is 5.02 Å². The van der Waals surface area contributed by atoms with Crippen LogP contribution in [-0.4, -0.2) is 36.6 Å². The summed E-state index contributed by atoms with van der Waals surface area (Å²) in [4.78, 5) is 34.0. The highest BCUT2D eigenvalue weighted by Crippen LogP contribution is 2.28. The molecule has 0 bridgehead atoms. The molecular formula is C20H21ClN2O7. The van der Waals surface area contributed by atoms with Gasteiger partial charge in [0.2, 0.25) is 0 Å². The second-order valence-corrected chi connectivity index (χ2v) is 6.40. The van der Waals surface area contributed by atoms with E-state index in [0.717, 1.165) is 6.07 Å². The molecule has 0 spiro atoms. The number of carbonyl (C=O) groups excluding carboxylic acids is 2. The molecular weight excluding hydrogens is 416 g/mol. The first-order chi connectivity index (χ1) is 14.4. The second-order valence-electron chi connectivity index (χ2n) is 5.96. The first-order valence-corrected chi connectivity index (χ1v) is 9.52. The van der Waals surface area contributed by atoms with E-state index in [0.29, 0.717) is 24.5 Å². The minimum absolute atomic E-state index is 0.0354. The number of halogens is 1. The Bertz CT molecular complexity index is 904. The average molecular weight is 437 g/mol. The number of carbonyl (C=O) groups is 2. The van der Waals surface area contributed by atoms with Crippen molar-refractivity contribution in [1.29, 1.82) is 0 Å². The molecule has 30 heavy (non-hydrogen) atoms. The van der Waals surface area contributed by atoms with E-state index in [1.54, 1.807) is 12.1 Å². The van der Waals surface area contributed by atoms with Crippen LogP contribution in [0, 0.1) is 10.1 Å². The Hall–Kier alpha value is -3.33. The summed E-state index contributed by atoms with van der Waals surface area (Å²) in [6.45, 7) is 2.08. The molecule has 1 N–H and O–H groups in total. The first kappa shape index (κ1) is 23.0. The average Bonchev–Trinajstić information content (AvgIpc) is 2.72. The standard InChI is InChI=1S/C20H21ClN2O7/c1-2-28-17-6-3-4-7-18(17)29-11-5-8-20(25)30-13-19(24)22-15-10-9-14(21)12-16(15)23(26)27/h3-4,6-7,9-10,12H,2,5,8,11,13H2,1H3,(H,22,24). The van der Waals surface area contributed by atoms with Crippen LogP contribution in [0.1, 0.15) is 19.8 Å². The number of nitrogens with zero attached hydrogens (tertiary/aromatic N) is 1. The molecule has 9 nitrogen and oxygen atoms in total. The summed E-state index contributed by atoms with van der Waals surface area (Å²) in [5, 5.41) is 13.5. The van der Waals surface area contributed by atoms with Crippen LogP contribution >= 0.6 is 11.6 Å². The summed E-state index contributed by atoms with van der Waals surface area (Å²) in [7, 11) is 0. The lowest BCUT2D eigenvalue weighted by molar-refractivity contribution is -0.383. The summed E-state index contributed by atoms with van der Waals surface area (Å²) in [5.74, 6) is -0.0830. The lowest BCUT2D eigenvalue weighted by atomic mass is 10.2. The van der Waals surface area contributed by atoms with Crippen LogP contribution in [0.25, 0.3) is 0 Å². The lowest BCUT2D eigenvalue weighted by Gasteiger charge is -2.11. The van der Waals surface area contributed by atoms with E-state index in [4.69, 9.17) is 25.8 Å². The van der Waals surface area contributed by atoms with E-state index < -0.39 is 23.4 Å². The van der Waals surface area contributed by atoms with Crippen LogP contribution in [0.15, 0.2) is 42.5 Å². The topological polar surface area (TPSA) is 117 Å². The molecule has 0 radical (unpaired) electrons. The van der Waals surface area contributed by atoms with Gasteiger partial charge in [0.15, 0.2) is 18.1 Å². The number of para-hydroxylation sites is 2. The highest BCUT2D eigenvalue weighted by molar-refractivity contribution is 6.31. The fourth-order valence-electron chi connectivity index (χ4n) is 2.41. The summed E-state index contributed by atoms with van der Waals surface area (Å²) >= 11 is 5.72. The van der Waals surface area contributed by atoms with E-state index in [2.05, 4.69) is 5.32 Å². The van der Waals surface area contributed by atoms with Crippen molar-refractivity contribution in [1.82, 2.24) is 0 Å². The minimum Gasteiger partial charge on any atom is -0.490 e. The predicted molar refractivity (Wildman–Crippen MR) is 110 cm³/mol. The molecule has 160 valence electrons. The van der Waals surface area contributed by atoms with Gasteiger partial charge in [-0.3, -0.25) is 19.7 Å². The van der Waals surface area contributed by atoms with Gasteiger partial charge in [0.05, 0.1) is 18.1 Å². The van der Waals surface area contributed by atoms with E-state index in [1.165, 1.54) is 12.1 Å². The van der Waals surface area contributed by atoms with E-state index in [9.17, 15) is 19.7 Å². The number of nitrogens with one attached hydrogen (secondary N) is 1. The van der Waals surface area contributed by atoms with Gasteiger partial charge in [-0.15, -0.1) is 0 Å². The van der Waals surface area contributed by atoms with E-state index in [-0.39, 0.29) is 29.4 Å². The third-order valence-electron chi connectivity index (χ3n) is 3.73. The SMILES string of the molecule is CCOc1ccccc1OCCCC(=O)OCC(=O)Nc1ccc(Cl)cc1[N+](=O)[O-]. The van der Waals surface area contributed by atoms with Gasteiger partial charge >= 0.3 is 5.97 Å². The first-order valence-electron chi connectivity index (χ1n) is 9.14. The van der Waals surface area contributed by atoms with Crippen molar-refractivity contribution in [2.75, 3.05) is 25.1 Å². The largest absolute Gasteiger partial charge is 0.490 e. The Morgan fingerprint density at radius 2 is 1.83 bits per heavy atom. The van der Waals surface area contributed by atoms with Crippen molar-refractivity contribution in [3.63, 3.8) is 0 Å². The molecule has 2 aromatic carbocycles. The quantitative estimate of drug-likeness (QED) is 0.245. The molecule has 0 aliphatic heterocycles. The van der Waals surface area contributed by atoms with Gasteiger partial charge in [-0.05, 0) is 37.6 Å². The van der Waals surface area contributed by atoms with Gasteiger partial charge in [0.1, 0.15) is 5.69 Å². The van der Waals surface area contributed by atoms with Crippen LogP contribution in [0.3, 0.4) is 0 Å². The van der Waals surface area contributed by atoms with Crippen molar-refractivity contribution in [3.8, 4) is 11.5 Å². The van der Waals surface area contributed by atoms with Gasteiger partial charge in [-0.25, -0.2) is 0 Å². The molecule has 1 amide bonds. The molecule has 0 heterocycles. The molecule has 0 aromatic heterocycles. The molecule has 0 aliphatic carbocycles.